The van der Waals surface area contributed by atoms with Crippen molar-refractivity contribution in [1.82, 2.24) is 10.2 Å². The van der Waals surface area contributed by atoms with Crippen molar-refractivity contribution in [2.24, 2.45) is 0 Å². The van der Waals surface area contributed by atoms with Crippen LogP contribution in [-0.2, 0) is 11.3 Å². The van der Waals surface area contributed by atoms with Crippen LogP contribution in [0.4, 0.5) is 4.79 Å². The van der Waals surface area contributed by atoms with Crippen LogP contribution < -0.4 is 10.1 Å². The molecule has 7 nitrogen and oxygen atoms in total. The van der Waals surface area contributed by atoms with E-state index in [9.17, 15) is 14.4 Å². The van der Waals surface area contributed by atoms with Gasteiger partial charge in [-0.1, -0.05) is 6.07 Å². The molecule has 0 radical (unpaired) electrons. The molecule has 2 rings (SSSR count). The average Bonchev–Trinajstić information content (AvgIpc) is 2.67. The fourth-order valence-corrected chi connectivity index (χ4v) is 1.85. The van der Waals surface area contributed by atoms with Crippen LogP contribution in [0.2, 0.25) is 0 Å². The summed E-state index contributed by atoms with van der Waals surface area (Å²) in [6.45, 7) is 0.148. The van der Waals surface area contributed by atoms with Gasteiger partial charge in [-0.3, -0.25) is 10.1 Å². The highest BCUT2D eigenvalue weighted by Gasteiger charge is 2.26. The lowest BCUT2D eigenvalue weighted by atomic mass is 10.1. The number of nitrogens with zero attached hydrogens (tertiary/aromatic N) is 1. The van der Waals surface area contributed by atoms with E-state index < -0.39 is 12.0 Å². The SMILES string of the molecule is COc1ccc(CN2CC(=O)NC2=O)cc1C(=O)O. The van der Waals surface area contributed by atoms with Crippen LogP contribution in [0.1, 0.15) is 15.9 Å². The van der Waals surface area contributed by atoms with Crippen LogP contribution in [0.25, 0.3) is 0 Å². The molecule has 0 spiro atoms. The molecule has 1 aliphatic heterocycles. The molecule has 19 heavy (non-hydrogen) atoms. The summed E-state index contributed by atoms with van der Waals surface area (Å²) in [5.41, 5.74) is 0.633. The van der Waals surface area contributed by atoms with Crippen LogP contribution in [0, 0.1) is 0 Å². The molecule has 1 fully saturated rings. The Labute approximate surface area is 108 Å². The van der Waals surface area contributed by atoms with Gasteiger partial charge in [-0.2, -0.15) is 0 Å². The zero-order chi connectivity index (χ0) is 14.0. The summed E-state index contributed by atoms with van der Waals surface area (Å²) in [5, 5.41) is 11.2. The van der Waals surface area contributed by atoms with Crippen LogP contribution >= 0.6 is 0 Å². The molecular formula is C12H12N2O5. The first-order valence-corrected chi connectivity index (χ1v) is 5.50. The van der Waals surface area contributed by atoms with Gasteiger partial charge < -0.3 is 14.7 Å². The summed E-state index contributed by atoms with van der Waals surface area (Å²) in [6.07, 6.45) is 0. The van der Waals surface area contributed by atoms with E-state index in [-0.39, 0.29) is 30.3 Å². The zero-order valence-electron chi connectivity index (χ0n) is 10.2. The molecule has 0 bridgehead atoms. The second kappa shape index (κ2) is 4.97. The monoisotopic (exact) mass is 264 g/mol. The normalized spacial score (nSPS) is 14.5. The lowest BCUT2D eigenvalue weighted by Crippen LogP contribution is -2.27. The van der Waals surface area contributed by atoms with Crippen molar-refractivity contribution in [2.75, 3.05) is 13.7 Å². The third kappa shape index (κ3) is 2.65. The molecule has 1 saturated heterocycles. The number of rotatable bonds is 4. The molecule has 0 aromatic heterocycles. The largest absolute Gasteiger partial charge is 0.496 e. The molecule has 1 aliphatic rings. The van der Waals surface area contributed by atoms with Crippen LogP contribution in [0.3, 0.4) is 0 Å². The second-order valence-corrected chi connectivity index (χ2v) is 4.05. The summed E-state index contributed by atoms with van der Waals surface area (Å²) >= 11 is 0. The standard InChI is InChI=1S/C12H12N2O5/c1-19-9-3-2-7(4-8(9)11(16)17)5-14-6-10(15)13-12(14)18/h2-4H,5-6H2,1H3,(H,16,17)(H,13,15,18). The van der Waals surface area contributed by atoms with Crippen molar-refractivity contribution < 1.29 is 24.2 Å². The maximum absolute atomic E-state index is 11.4. The quantitative estimate of drug-likeness (QED) is 0.769. The molecule has 0 saturated carbocycles. The van der Waals surface area contributed by atoms with E-state index in [0.717, 1.165) is 0 Å². The Bertz CT molecular complexity index is 555. The van der Waals surface area contributed by atoms with Crippen molar-refractivity contribution in [3.05, 3.63) is 29.3 Å². The molecule has 1 aromatic carbocycles. The van der Waals surface area contributed by atoms with E-state index in [4.69, 9.17) is 9.84 Å². The molecule has 1 heterocycles. The first-order valence-electron chi connectivity index (χ1n) is 5.50. The topological polar surface area (TPSA) is 95.9 Å². The third-order valence-corrected chi connectivity index (χ3v) is 2.74. The van der Waals surface area contributed by atoms with Gasteiger partial charge in [0.1, 0.15) is 17.9 Å². The number of methoxy groups -OCH3 is 1. The highest BCUT2D eigenvalue weighted by Crippen LogP contribution is 2.21. The molecule has 100 valence electrons. The molecule has 0 unspecified atom stereocenters. The maximum atomic E-state index is 11.4. The van der Waals surface area contributed by atoms with Crippen molar-refractivity contribution in [3.8, 4) is 5.75 Å². The molecule has 7 heteroatoms. The van der Waals surface area contributed by atoms with E-state index in [1.807, 2.05) is 0 Å². The second-order valence-electron chi connectivity index (χ2n) is 4.05. The molecule has 0 aliphatic carbocycles. The van der Waals surface area contributed by atoms with E-state index in [2.05, 4.69) is 5.32 Å². The minimum absolute atomic E-state index is 0.0194. The number of carbonyl (C=O) groups excluding carboxylic acids is 2. The molecule has 0 atom stereocenters. The summed E-state index contributed by atoms with van der Waals surface area (Å²) < 4.78 is 4.94. The van der Waals surface area contributed by atoms with Gasteiger partial charge in [-0.25, -0.2) is 9.59 Å². The van der Waals surface area contributed by atoms with Crippen LogP contribution in [-0.4, -0.2) is 41.6 Å². The maximum Gasteiger partial charge on any atom is 0.339 e. The number of aromatic carboxylic acids is 1. The van der Waals surface area contributed by atoms with Crippen molar-refractivity contribution in [2.45, 2.75) is 6.54 Å². The molecule has 3 amide bonds. The van der Waals surface area contributed by atoms with E-state index in [0.29, 0.717) is 5.56 Å². The Hall–Kier alpha value is -2.57. The van der Waals surface area contributed by atoms with Crippen LogP contribution in [0.5, 0.6) is 5.75 Å². The fourth-order valence-electron chi connectivity index (χ4n) is 1.85. The lowest BCUT2D eigenvalue weighted by Gasteiger charge is -2.14. The number of urea groups is 1. The number of hydrogen-bond donors (Lipinski definition) is 2. The lowest BCUT2D eigenvalue weighted by molar-refractivity contribution is -0.118. The first-order chi connectivity index (χ1) is 9.01. The van der Waals surface area contributed by atoms with Gasteiger partial charge in [0.05, 0.1) is 7.11 Å². The number of carbonyl (C=O) groups is 3. The highest BCUT2D eigenvalue weighted by atomic mass is 16.5. The third-order valence-electron chi connectivity index (χ3n) is 2.74. The number of ether oxygens (including phenoxy) is 1. The van der Waals surface area contributed by atoms with E-state index in [1.54, 1.807) is 6.07 Å². The summed E-state index contributed by atoms with van der Waals surface area (Å²) in [6, 6.07) is 4.13. The zero-order valence-corrected chi connectivity index (χ0v) is 10.2. The summed E-state index contributed by atoms with van der Waals surface area (Å²) in [7, 11) is 1.38. The van der Waals surface area contributed by atoms with Crippen molar-refractivity contribution in [3.63, 3.8) is 0 Å². The fraction of sp³-hybridized carbons (Fsp3) is 0.250. The van der Waals surface area contributed by atoms with E-state index >= 15 is 0 Å². The first kappa shape index (κ1) is 12.9. The Balaban J connectivity index is 2.22. The highest BCUT2D eigenvalue weighted by molar-refractivity contribution is 6.01. The number of benzene rings is 1. The van der Waals surface area contributed by atoms with Crippen molar-refractivity contribution >= 4 is 17.9 Å². The minimum Gasteiger partial charge on any atom is -0.496 e. The molecular weight excluding hydrogens is 252 g/mol. The van der Waals surface area contributed by atoms with Crippen LogP contribution in [0.15, 0.2) is 18.2 Å². The number of amides is 3. The number of carboxylic acid groups (broad SMARTS) is 1. The molecule has 1 aromatic rings. The smallest absolute Gasteiger partial charge is 0.339 e. The predicted molar refractivity (Wildman–Crippen MR) is 63.9 cm³/mol. The van der Waals surface area contributed by atoms with Gasteiger partial charge in [0.2, 0.25) is 5.91 Å². The molecule has 2 N–H and O–H groups in total. The Morgan fingerprint density at radius 1 is 1.47 bits per heavy atom. The predicted octanol–water partition coefficient (Wildman–Crippen LogP) is 0.445. The Morgan fingerprint density at radius 2 is 2.21 bits per heavy atom. The average molecular weight is 264 g/mol. The van der Waals surface area contributed by atoms with Gasteiger partial charge >= 0.3 is 12.0 Å². The number of nitrogens with one attached hydrogen (secondary N) is 1. The van der Waals surface area contributed by atoms with Gasteiger partial charge in [0, 0.05) is 6.54 Å². The van der Waals surface area contributed by atoms with Gasteiger partial charge in [-0.05, 0) is 17.7 Å². The Morgan fingerprint density at radius 3 is 2.74 bits per heavy atom. The van der Waals surface area contributed by atoms with Gasteiger partial charge in [-0.15, -0.1) is 0 Å². The van der Waals surface area contributed by atoms with E-state index in [1.165, 1.54) is 24.1 Å². The summed E-state index contributed by atoms with van der Waals surface area (Å²) in [5.74, 6) is -1.23. The number of carboxylic acids is 1. The Kier molecular flexibility index (Phi) is 3.37. The van der Waals surface area contributed by atoms with Gasteiger partial charge in [0.15, 0.2) is 0 Å². The summed E-state index contributed by atoms with van der Waals surface area (Å²) in [4.78, 5) is 34.8. The number of imide groups is 1. The number of hydrogen-bond acceptors (Lipinski definition) is 4. The minimum atomic E-state index is -1.11. The van der Waals surface area contributed by atoms with Crippen molar-refractivity contribution in [1.29, 1.82) is 0 Å². The van der Waals surface area contributed by atoms with Gasteiger partial charge in [0.25, 0.3) is 0 Å².